The summed E-state index contributed by atoms with van der Waals surface area (Å²) in [5, 5.41) is 7.54. The summed E-state index contributed by atoms with van der Waals surface area (Å²) in [6, 6.07) is 15.0. The predicted octanol–water partition coefficient (Wildman–Crippen LogP) is 6.24. The Hall–Kier alpha value is -1.71. The first-order valence-electron chi connectivity index (χ1n) is 8.85. The van der Waals surface area contributed by atoms with E-state index in [9.17, 15) is 4.79 Å². The van der Waals surface area contributed by atoms with E-state index in [1.54, 1.807) is 0 Å². The van der Waals surface area contributed by atoms with Crippen LogP contribution in [0.4, 0.5) is 4.79 Å². The van der Waals surface area contributed by atoms with Crippen molar-refractivity contribution in [1.82, 2.24) is 10.6 Å². The fourth-order valence-electron chi connectivity index (χ4n) is 3.24. The largest absolute Gasteiger partial charge is 0.329 e. The van der Waals surface area contributed by atoms with Crippen LogP contribution in [0.2, 0.25) is 10.0 Å². The fourth-order valence-corrected chi connectivity index (χ4v) is 3.74. The monoisotopic (exact) mass is 392 g/mol. The van der Waals surface area contributed by atoms with Gasteiger partial charge in [-0.1, -0.05) is 67.4 Å². The molecule has 3 nitrogen and oxygen atoms in total. The number of benzene rings is 2. The molecule has 2 aromatic carbocycles. The highest BCUT2D eigenvalue weighted by molar-refractivity contribution is 6.31. The molecular weight excluding hydrogens is 367 g/mol. The predicted molar refractivity (Wildman–Crippen MR) is 110 cm³/mol. The number of rotatable bonds is 6. The van der Waals surface area contributed by atoms with Crippen LogP contribution in [0.25, 0.3) is 0 Å². The summed E-state index contributed by atoms with van der Waals surface area (Å²) < 4.78 is 0. The van der Waals surface area contributed by atoms with Gasteiger partial charge in [-0.2, -0.15) is 0 Å². The van der Waals surface area contributed by atoms with E-state index in [1.165, 1.54) is 0 Å². The van der Waals surface area contributed by atoms with Crippen LogP contribution < -0.4 is 10.6 Å². The highest BCUT2D eigenvalue weighted by atomic mass is 35.5. The molecule has 0 aliphatic rings. The van der Waals surface area contributed by atoms with E-state index < -0.39 is 11.1 Å². The molecule has 0 aromatic heterocycles. The Balaban J connectivity index is 2.22. The van der Waals surface area contributed by atoms with Crippen LogP contribution in [0.3, 0.4) is 0 Å². The van der Waals surface area contributed by atoms with Gasteiger partial charge in [-0.3, -0.25) is 0 Å². The van der Waals surface area contributed by atoms with Gasteiger partial charge in [0.15, 0.2) is 0 Å². The maximum absolute atomic E-state index is 12.8. The fraction of sp³-hybridized carbons (Fsp3) is 0.381. The van der Waals surface area contributed by atoms with E-state index >= 15 is 0 Å². The van der Waals surface area contributed by atoms with E-state index in [4.69, 9.17) is 23.2 Å². The van der Waals surface area contributed by atoms with Crippen LogP contribution in [0.5, 0.6) is 0 Å². The van der Waals surface area contributed by atoms with Gasteiger partial charge in [-0.15, -0.1) is 0 Å². The highest BCUT2D eigenvalue weighted by Gasteiger charge is 2.33. The molecule has 0 bridgehead atoms. The lowest BCUT2D eigenvalue weighted by Gasteiger charge is -2.36. The van der Waals surface area contributed by atoms with Gasteiger partial charge >= 0.3 is 6.03 Å². The summed E-state index contributed by atoms with van der Waals surface area (Å²) in [5.74, 6) is 0. The molecule has 0 aliphatic heterocycles. The van der Waals surface area contributed by atoms with Crippen LogP contribution >= 0.6 is 23.2 Å². The van der Waals surface area contributed by atoms with Crippen molar-refractivity contribution in [3.63, 3.8) is 0 Å². The van der Waals surface area contributed by atoms with Gasteiger partial charge in [0.25, 0.3) is 0 Å². The number of hydrogen-bond donors (Lipinski definition) is 2. The Bertz CT molecular complexity index is 753. The Morgan fingerprint density at radius 1 is 0.923 bits per heavy atom. The first-order valence-corrected chi connectivity index (χ1v) is 9.61. The average Bonchev–Trinajstić information content (AvgIpc) is 2.60. The van der Waals surface area contributed by atoms with Crippen molar-refractivity contribution < 1.29 is 4.79 Å². The Kier molecular flexibility index (Phi) is 6.59. The minimum absolute atomic E-state index is 0.228. The Morgan fingerprint density at radius 2 is 1.50 bits per heavy atom. The molecule has 2 rings (SSSR count). The lowest BCUT2D eigenvalue weighted by Crippen LogP contribution is -2.53. The first kappa shape index (κ1) is 20.6. The number of halogens is 2. The van der Waals surface area contributed by atoms with Gasteiger partial charge in [0.2, 0.25) is 0 Å². The zero-order valence-corrected chi connectivity index (χ0v) is 17.2. The van der Waals surface area contributed by atoms with Crippen LogP contribution in [-0.2, 0) is 11.1 Å². The van der Waals surface area contributed by atoms with Gasteiger partial charge < -0.3 is 10.6 Å². The van der Waals surface area contributed by atoms with Gasteiger partial charge in [0, 0.05) is 10.0 Å². The summed E-state index contributed by atoms with van der Waals surface area (Å²) in [6.45, 7) is 8.01. The third-order valence-electron chi connectivity index (χ3n) is 4.93. The zero-order valence-electron chi connectivity index (χ0n) is 15.7. The van der Waals surface area contributed by atoms with Crippen molar-refractivity contribution in [3.8, 4) is 0 Å². The molecule has 0 saturated heterocycles. The van der Waals surface area contributed by atoms with Crippen molar-refractivity contribution in [1.29, 1.82) is 0 Å². The normalized spacial score (nSPS) is 11.9. The summed E-state index contributed by atoms with van der Waals surface area (Å²) in [4.78, 5) is 12.8. The number of nitrogens with one attached hydrogen (secondary N) is 2. The van der Waals surface area contributed by atoms with Gasteiger partial charge in [0.1, 0.15) is 0 Å². The first-order chi connectivity index (χ1) is 12.2. The van der Waals surface area contributed by atoms with Crippen LogP contribution in [0, 0.1) is 0 Å². The second-order valence-corrected chi connectivity index (χ2v) is 7.82. The van der Waals surface area contributed by atoms with E-state index in [2.05, 4.69) is 24.5 Å². The topological polar surface area (TPSA) is 41.1 Å². The SMILES string of the molecule is CCC(CC)(NC(=O)NC(C)(C)c1ccccc1Cl)c1ccc(Cl)cc1. The van der Waals surface area contributed by atoms with E-state index in [0.29, 0.717) is 10.0 Å². The maximum atomic E-state index is 12.8. The maximum Gasteiger partial charge on any atom is 0.316 e. The molecule has 0 aliphatic carbocycles. The smallest absolute Gasteiger partial charge is 0.316 e. The average molecular weight is 393 g/mol. The van der Waals surface area contributed by atoms with Crippen LogP contribution in [0.1, 0.15) is 51.7 Å². The van der Waals surface area contributed by atoms with E-state index in [1.807, 2.05) is 62.4 Å². The molecule has 2 aromatic rings. The summed E-state index contributed by atoms with van der Waals surface area (Å²) in [7, 11) is 0. The third kappa shape index (κ3) is 4.52. The second kappa shape index (κ2) is 8.32. The number of amides is 2. The summed E-state index contributed by atoms with van der Waals surface area (Å²) in [6.07, 6.45) is 1.54. The molecule has 0 fully saturated rings. The third-order valence-corrected chi connectivity index (χ3v) is 5.51. The molecule has 2 N–H and O–H groups in total. The van der Waals surface area contributed by atoms with E-state index in [0.717, 1.165) is 24.0 Å². The second-order valence-electron chi connectivity index (χ2n) is 6.98. The minimum atomic E-state index is -0.602. The molecule has 140 valence electrons. The summed E-state index contributed by atoms with van der Waals surface area (Å²) in [5.41, 5.74) is 0.862. The molecule has 2 amide bonds. The number of hydrogen-bond acceptors (Lipinski definition) is 1. The molecule has 0 unspecified atom stereocenters. The molecule has 0 radical (unpaired) electrons. The summed E-state index contributed by atoms with van der Waals surface area (Å²) >= 11 is 12.3. The number of urea groups is 1. The van der Waals surface area contributed by atoms with E-state index in [-0.39, 0.29) is 6.03 Å². The quantitative estimate of drug-likeness (QED) is 0.599. The van der Waals surface area contributed by atoms with Gasteiger partial charge in [0.05, 0.1) is 11.1 Å². The Morgan fingerprint density at radius 3 is 2.04 bits per heavy atom. The van der Waals surface area contributed by atoms with Gasteiger partial charge in [-0.25, -0.2) is 4.79 Å². The van der Waals surface area contributed by atoms with Crippen molar-refractivity contribution in [2.24, 2.45) is 0 Å². The Labute approximate surface area is 166 Å². The molecule has 0 atom stereocenters. The van der Waals surface area contributed by atoms with Crippen molar-refractivity contribution in [2.75, 3.05) is 0 Å². The highest BCUT2D eigenvalue weighted by Crippen LogP contribution is 2.31. The lowest BCUT2D eigenvalue weighted by molar-refractivity contribution is 0.210. The molecule has 26 heavy (non-hydrogen) atoms. The molecule has 0 heterocycles. The zero-order chi connectivity index (χ0) is 19.4. The van der Waals surface area contributed by atoms with Crippen molar-refractivity contribution in [3.05, 3.63) is 69.7 Å². The molecular formula is C21H26Cl2N2O. The molecule has 0 saturated carbocycles. The van der Waals surface area contributed by atoms with Gasteiger partial charge in [-0.05, 0) is 56.0 Å². The van der Waals surface area contributed by atoms with Crippen LogP contribution in [0.15, 0.2) is 48.5 Å². The van der Waals surface area contributed by atoms with Crippen LogP contribution in [-0.4, -0.2) is 6.03 Å². The minimum Gasteiger partial charge on any atom is -0.329 e. The standard InChI is InChI=1S/C21H26Cl2N2O/c1-5-21(6-2,15-11-13-16(22)14-12-15)25-19(26)24-20(3,4)17-9-7-8-10-18(17)23/h7-14H,5-6H2,1-4H3,(H2,24,25,26). The lowest BCUT2D eigenvalue weighted by atomic mass is 9.84. The molecule has 5 heteroatoms. The number of carbonyl (C=O) groups is 1. The van der Waals surface area contributed by atoms with Crippen molar-refractivity contribution >= 4 is 29.2 Å². The van der Waals surface area contributed by atoms with Crippen molar-refractivity contribution in [2.45, 2.75) is 51.6 Å². The number of carbonyl (C=O) groups excluding carboxylic acids is 1. The molecule has 0 spiro atoms.